The Hall–Kier alpha value is -2.44. The van der Waals surface area contributed by atoms with Gasteiger partial charge in [-0.25, -0.2) is 9.97 Å². The number of aromatic nitrogens is 4. The molecule has 0 saturated heterocycles. The molecule has 0 bridgehead atoms. The van der Waals surface area contributed by atoms with Gasteiger partial charge in [-0.3, -0.25) is 10.1 Å². The van der Waals surface area contributed by atoms with Crippen LogP contribution in [0.3, 0.4) is 0 Å². The highest BCUT2D eigenvalue weighted by Crippen LogP contribution is 2.03. The van der Waals surface area contributed by atoms with Crippen LogP contribution in [0.25, 0.3) is 0 Å². The van der Waals surface area contributed by atoms with Crippen LogP contribution in [0.15, 0.2) is 30.7 Å². The summed E-state index contributed by atoms with van der Waals surface area (Å²) in [7, 11) is 0. The SMILES string of the molecule is O=C(Nc1nccnn1)c1ccnc(F)c1. The summed E-state index contributed by atoms with van der Waals surface area (Å²) < 4.78 is 12.7. The van der Waals surface area contributed by atoms with E-state index in [1.807, 2.05) is 0 Å². The molecule has 0 unspecified atom stereocenters. The Morgan fingerprint density at radius 3 is 2.81 bits per heavy atom. The maximum absolute atomic E-state index is 12.7. The molecule has 2 aromatic rings. The molecule has 6 nitrogen and oxygen atoms in total. The van der Waals surface area contributed by atoms with Crippen molar-refractivity contribution in [2.24, 2.45) is 0 Å². The van der Waals surface area contributed by atoms with Gasteiger partial charge in [-0.05, 0) is 6.07 Å². The number of nitrogens with zero attached hydrogens (tertiary/aromatic N) is 4. The second kappa shape index (κ2) is 4.39. The van der Waals surface area contributed by atoms with Crippen molar-refractivity contribution in [1.29, 1.82) is 0 Å². The van der Waals surface area contributed by atoms with Crippen molar-refractivity contribution >= 4 is 11.9 Å². The van der Waals surface area contributed by atoms with E-state index in [0.29, 0.717) is 0 Å². The average molecular weight is 219 g/mol. The molecule has 0 aliphatic heterocycles. The second-order valence-electron chi connectivity index (χ2n) is 2.79. The molecule has 7 heteroatoms. The van der Waals surface area contributed by atoms with E-state index in [4.69, 9.17) is 0 Å². The van der Waals surface area contributed by atoms with E-state index in [1.165, 1.54) is 24.7 Å². The smallest absolute Gasteiger partial charge is 0.258 e. The Labute approximate surface area is 89.6 Å². The van der Waals surface area contributed by atoms with Crippen LogP contribution in [0.2, 0.25) is 0 Å². The zero-order chi connectivity index (χ0) is 11.4. The lowest BCUT2D eigenvalue weighted by atomic mass is 10.2. The molecule has 1 amide bonds. The second-order valence-corrected chi connectivity index (χ2v) is 2.79. The van der Waals surface area contributed by atoms with Crippen molar-refractivity contribution in [3.05, 3.63) is 42.2 Å². The topological polar surface area (TPSA) is 80.7 Å². The van der Waals surface area contributed by atoms with Gasteiger partial charge in [-0.2, -0.15) is 9.49 Å². The Bertz CT molecular complexity index is 504. The highest BCUT2D eigenvalue weighted by atomic mass is 19.1. The third-order valence-corrected chi connectivity index (χ3v) is 1.70. The van der Waals surface area contributed by atoms with Crippen LogP contribution in [0.5, 0.6) is 0 Å². The fraction of sp³-hybridized carbons (Fsp3) is 0. The Kier molecular flexibility index (Phi) is 2.77. The lowest BCUT2D eigenvalue weighted by Crippen LogP contribution is -2.14. The van der Waals surface area contributed by atoms with E-state index in [0.717, 1.165) is 6.07 Å². The van der Waals surface area contributed by atoms with E-state index in [9.17, 15) is 9.18 Å². The fourth-order valence-corrected chi connectivity index (χ4v) is 1.02. The number of hydrogen-bond donors (Lipinski definition) is 1. The Morgan fingerprint density at radius 1 is 1.25 bits per heavy atom. The molecule has 0 aliphatic rings. The Balaban J connectivity index is 2.15. The van der Waals surface area contributed by atoms with Crippen molar-refractivity contribution < 1.29 is 9.18 Å². The summed E-state index contributed by atoms with van der Waals surface area (Å²) in [6, 6.07) is 2.40. The number of rotatable bonds is 2. The van der Waals surface area contributed by atoms with Gasteiger partial charge >= 0.3 is 0 Å². The summed E-state index contributed by atoms with van der Waals surface area (Å²) >= 11 is 0. The third kappa shape index (κ3) is 2.32. The number of carbonyl (C=O) groups is 1. The minimum Gasteiger partial charge on any atom is -0.289 e. The van der Waals surface area contributed by atoms with Crippen LogP contribution in [-0.4, -0.2) is 26.1 Å². The molecule has 0 saturated carbocycles. The van der Waals surface area contributed by atoms with Crippen LogP contribution in [0, 0.1) is 5.95 Å². The van der Waals surface area contributed by atoms with Crippen molar-refractivity contribution in [2.45, 2.75) is 0 Å². The summed E-state index contributed by atoms with van der Waals surface area (Å²) in [4.78, 5) is 18.6. The van der Waals surface area contributed by atoms with Gasteiger partial charge in [0.05, 0.1) is 12.4 Å². The largest absolute Gasteiger partial charge is 0.289 e. The van der Waals surface area contributed by atoms with Gasteiger partial charge in [0.2, 0.25) is 11.9 Å². The van der Waals surface area contributed by atoms with E-state index in [1.54, 1.807) is 0 Å². The standard InChI is InChI=1S/C9H6FN5O/c10-7-5-6(1-2-11-7)8(16)14-9-12-3-4-13-15-9/h1-5H,(H,12,14,15,16). The van der Waals surface area contributed by atoms with Crippen molar-refractivity contribution in [3.63, 3.8) is 0 Å². The van der Waals surface area contributed by atoms with Gasteiger partial charge in [0.1, 0.15) is 0 Å². The number of carbonyl (C=O) groups excluding carboxylic acids is 1. The summed E-state index contributed by atoms with van der Waals surface area (Å²) in [6.07, 6.45) is 3.96. The number of anilines is 1. The molecule has 0 spiro atoms. The molecule has 16 heavy (non-hydrogen) atoms. The minimum absolute atomic E-state index is 0.0599. The van der Waals surface area contributed by atoms with Gasteiger partial charge in [0.15, 0.2) is 0 Å². The first-order valence-corrected chi connectivity index (χ1v) is 4.32. The van der Waals surface area contributed by atoms with E-state index < -0.39 is 11.9 Å². The van der Waals surface area contributed by atoms with E-state index in [-0.39, 0.29) is 11.5 Å². The summed E-state index contributed by atoms with van der Waals surface area (Å²) in [5, 5.41) is 9.47. The van der Waals surface area contributed by atoms with Gasteiger partial charge in [-0.1, -0.05) is 0 Å². The molecule has 0 fully saturated rings. The maximum atomic E-state index is 12.7. The molecular weight excluding hydrogens is 213 g/mol. The number of amides is 1. The molecule has 0 atom stereocenters. The molecule has 0 aliphatic carbocycles. The van der Waals surface area contributed by atoms with E-state index in [2.05, 4.69) is 25.5 Å². The molecular formula is C9H6FN5O. The maximum Gasteiger partial charge on any atom is 0.258 e. The average Bonchev–Trinajstić information content (AvgIpc) is 2.30. The van der Waals surface area contributed by atoms with Crippen LogP contribution in [-0.2, 0) is 0 Å². The van der Waals surface area contributed by atoms with Crippen LogP contribution < -0.4 is 5.32 Å². The van der Waals surface area contributed by atoms with E-state index >= 15 is 0 Å². The summed E-state index contributed by atoms with van der Waals surface area (Å²) in [6.45, 7) is 0. The van der Waals surface area contributed by atoms with Gasteiger partial charge < -0.3 is 0 Å². The predicted octanol–water partition coefficient (Wildman–Crippen LogP) is 0.658. The highest BCUT2D eigenvalue weighted by molar-refractivity contribution is 6.03. The number of nitrogens with one attached hydrogen (secondary N) is 1. The van der Waals surface area contributed by atoms with Crippen molar-refractivity contribution in [3.8, 4) is 0 Å². The molecule has 2 aromatic heterocycles. The van der Waals surface area contributed by atoms with Gasteiger partial charge in [0, 0.05) is 17.8 Å². The normalized spacial score (nSPS) is 9.81. The molecule has 0 radical (unpaired) electrons. The molecule has 2 rings (SSSR count). The van der Waals surface area contributed by atoms with Crippen LogP contribution >= 0.6 is 0 Å². The Morgan fingerprint density at radius 2 is 2.12 bits per heavy atom. The zero-order valence-corrected chi connectivity index (χ0v) is 7.96. The van der Waals surface area contributed by atoms with Crippen LogP contribution in [0.4, 0.5) is 10.3 Å². The first kappa shape index (κ1) is 10.1. The lowest BCUT2D eigenvalue weighted by molar-refractivity contribution is 0.102. The number of pyridine rings is 1. The molecule has 80 valence electrons. The van der Waals surface area contributed by atoms with Gasteiger partial charge in [-0.15, -0.1) is 5.10 Å². The quantitative estimate of drug-likeness (QED) is 0.750. The lowest BCUT2D eigenvalue weighted by Gasteiger charge is -2.01. The molecule has 1 N–H and O–H groups in total. The zero-order valence-electron chi connectivity index (χ0n) is 7.96. The van der Waals surface area contributed by atoms with Crippen molar-refractivity contribution in [2.75, 3.05) is 5.32 Å². The summed E-state index contributed by atoms with van der Waals surface area (Å²) in [5.41, 5.74) is 0.139. The van der Waals surface area contributed by atoms with Crippen LogP contribution in [0.1, 0.15) is 10.4 Å². The molecule has 2 heterocycles. The monoisotopic (exact) mass is 219 g/mol. The minimum atomic E-state index is -0.722. The molecule has 0 aromatic carbocycles. The number of halogens is 1. The first-order valence-electron chi connectivity index (χ1n) is 4.32. The van der Waals surface area contributed by atoms with Gasteiger partial charge in [0.25, 0.3) is 5.91 Å². The summed E-state index contributed by atoms with van der Waals surface area (Å²) in [5.74, 6) is -1.18. The fourth-order valence-electron chi connectivity index (χ4n) is 1.02. The first-order chi connectivity index (χ1) is 7.75. The third-order valence-electron chi connectivity index (χ3n) is 1.70. The number of hydrogen-bond acceptors (Lipinski definition) is 5. The predicted molar refractivity (Wildman–Crippen MR) is 52.0 cm³/mol. The van der Waals surface area contributed by atoms with Crippen molar-refractivity contribution in [1.82, 2.24) is 20.2 Å². The highest BCUT2D eigenvalue weighted by Gasteiger charge is 2.08.